The van der Waals surface area contributed by atoms with Crippen LogP contribution in [0.5, 0.6) is 5.75 Å². The Balaban J connectivity index is 2.38. The predicted octanol–water partition coefficient (Wildman–Crippen LogP) is 3.13. The van der Waals surface area contributed by atoms with E-state index in [1.54, 1.807) is 19.3 Å². The lowest BCUT2D eigenvalue weighted by Gasteiger charge is -2.07. The van der Waals surface area contributed by atoms with Crippen LogP contribution in [0.25, 0.3) is 6.08 Å². The van der Waals surface area contributed by atoms with Gasteiger partial charge in [-0.3, -0.25) is 14.5 Å². The molecule has 0 aliphatic carbocycles. The highest BCUT2D eigenvalue weighted by molar-refractivity contribution is 9.10. The third kappa shape index (κ3) is 2.89. The zero-order valence-corrected chi connectivity index (χ0v) is 13.0. The van der Waals surface area contributed by atoms with Crippen molar-refractivity contribution in [3.8, 4) is 18.1 Å². The summed E-state index contributed by atoms with van der Waals surface area (Å²) >= 11 is 4.23. The molecule has 1 aromatic carbocycles. The van der Waals surface area contributed by atoms with Crippen molar-refractivity contribution in [1.29, 1.82) is 0 Å². The van der Waals surface area contributed by atoms with Gasteiger partial charge in [0.25, 0.3) is 11.1 Å². The average molecular weight is 352 g/mol. The lowest BCUT2D eigenvalue weighted by atomic mass is 10.2. The monoisotopic (exact) mass is 351 g/mol. The minimum Gasteiger partial charge on any atom is -0.496 e. The van der Waals surface area contributed by atoms with Crippen molar-refractivity contribution in [3.63, 3.8) is 0 Å². The van der Waals surface area contributed by atoms with Gasteiger partial charge in [0.1, 0.15) is 5.75 Å². The Morgan fingerprint density at radius 1 is 1.50 bits per heavy atom. The molecule has 1 aliphatic rings. The first-order valence-corrected chi connectivity index (χ1v) is 7.20. The highest BCUT2D eigenvalue weighted by atomic mass is 79.9. The van der Waals surface area contributed by atoms with Crippen LogP contribution in [0.15, 0.2) is 27.6 Å². The number of amides is 2. The van der Waals surface area contributed by atoms with E-state index in [0.29, 0.717) is 16.2 Å². The number of hydrogen-bond acceptors (Lipinski definition) is 4. The van der Waals surface area contributed by atoms with Crippen molar-refractivity contribution in [1.82, 2.24) is 4.90 Å². The summed E-state index contributed by atoms with van der Waals surface area (Å²) in [5.41, 5.74) is 0.716. The van der Waals surface area contributed by atoms with Crippen LogP contribution >= 0.6 is 27.7 Å². The van der Waals surface area contributed by atoms with E-state index >= 15 is 0 Å². The Kier molecular flexibility index (Phi) is 4.53. The van der Waals surface area contributed by atoms with E-state index in [2.05, 4.69) is 21.9 Å². The fourth-order valence-corrected chi connectivity index (χ4v) is 2.89. The normalized spacial score (nSPS) is 16.6. The van der Waals surface area contributed by atoms with Crippen molar-refractivity contribution in [2.24, 2.45) is 0 Å². The van der Waals surface area contributed by atoms with Gasteiger partial charge in [0.15, 0.2) is 0 Å². The van der Waals surface area contributed by atoms with Crippen molar-refractivity contribution < 1.29 is 14.3 Å². The van der Waals surface area contributed by atoms with Gasteiger partial charge in [-0.05, 0) is 36.0 Å². The molecule has 102 valence electrons. The van der Waals surface area contributed by atoms with Crippen LogP contribution in [0.4, 0.5) is 4.79 Å². The van der Waals surface area contributed by atoms with Crippen LogP contribution in [0, 0.1) is 12.3 Å². The van der Waals surface area contributed by atoms with Crippen molar-refractivity contribution in [2.75, 3.05) is 13.7 Å². The maximum atomic E-state index is 12.1. The van der Waals surface area contributed by atoms with Gasteiger partial charge >= 0.3 is 0 Å². The number of carbonyl (C=O) groups is 2. The molecule has 2 amide bonds. The number of ether oxygens (including phenoxy) is 1. The molecule has 1 fully saturated rings. The Hall–Kier alpha value is -1.71. The lowest BCUT2D eigenvalue weighted by Crippen LogP contribution is -2.28. The fraction of sp³-hybridized carbons (Fsp3) is 0.143. The molecular weight excluding hydrogens is 342 g/mol. The Labute approximate surface area is 129 Å². The van der Waals surface area contributed by atoms with E-state index in [-0.39, 0.29) is 17.7 Å². The van der Waals surface area contributed by atoms with Crippen molar-refractivity contribution in [2.45, 2.75) is 0 Å². The number of nitrogens with zero attached hydrogens (tertiary/aromatic N) is 1. The smallest absolute Gasteiger partial charge is 0.294 e. The number of rotatable bonds is 3. The molecule has 2 rings (SSSR count). The topological polar surface area (TPSA) is 46.6 Å². The first-order chi connectivity index (χ1) is 9.56. The highest BCUT2D eigenvalue weighted by Crippen LogP contribution is 2.34. The SMILES string of the molecule is C#CCN1C(=O)S/C(=C/c2cc(Br)ccc2OC)C1=O. The summed E-state index contributed by atoms with van der Waals surface area (Å²) in [5.74, 6) is 2.55. The van der Waals surface area contributed by atoms with Crippen LogP contribution in [0.2, 0.25) is 0 Å². The zero-order valence-electron chi connectivity index (χ0n) is 10.6. The second kappa shape index (κ2) is 6.16. The molecule has 0 unspecified atom stereocenters. The zero-order chi connectivity index (χ0) is 14.7. The molecule has 0 bridgehead atoms. The largest absolute Gasteiger partial charge is 0.496 e. The number of thioether (sulfide) groups is 1. The van der Waals surface area contributed by atoms with Crippen molar-refractivity contribution >= 4 is 44.9 Å². The van der Waals surface area contributed by atoms with Crippen LogP contribution in [0.1, 0.15) is 5.56 Å². The summed E-state index contributed by atoms with van der Waals surface area (Å²) in [7, 11) is 1.55. The van der Waals surface area contributed by atoms with E-state index in [1.165, 1.54) is 0 Å². The molecule has 1 saturated heterocycles. The summed E-state index contributed by atoms with van der Waals surface area (Å²) in [6.45, 7) is -0.0162. The van der Waals surface area contributed by atoms with Crippen LogP contribution in [-0.4, -0.2) is 29.7 Å². The van der Waals surface area contributed by atoms with Gasteiger partial charge in [-0.15, -0.1) is 6.42 Å². The molecule has 0 atom stereocenters. The van der Waals surface area contributed by atoms with E-state index in [9.17, 15) is 9.59 Å². The minimum atomic E-state index is -0.375. The van der Waals surface area contributed by atoms with Gasteiger partial charge < -0.3 is 4.74 Å². The number of halogens is 1. The second-order valence-corrected chi connectivity index (χ2v) is 5.77. The predicted molar refractivity (Wildman–Crippen MR) is 82.2 cm³/mol. The van der Waals surface area contributed by atoms with Crippen LogP contribution in [0.3, 0.4) is 0 Å². The Bertz CT molecular complexity index is 648. The van der Waals surface area contributed by atoms with Gasteiger partial charge in [-0.1, -0.05) is 21.9 Å². The first kappa shape index (κ1) is 14.7. The Morgan fingerprint density at radius 2 is 2.25 bits per heavy atom. The van der Waals surface area contributed by atoms with E-state index in [1.807, 2.05) is 12.1 Å². The molecule has 0 N–H and O–H groups in total. The average Bonchev–Trinajstić information content (AvgIpc) is 2.67. The molecule has 0 radical (unpaired) electrons. The number of carbonyl (C=O) groups excluding carboxylic acids is 2. The van der Waals surface area contributed by atoms with E-state index < -0.39 is 0 Å². The van der Waals surface area contributed by atoms with Gasteiger partial charge in [-0.2, -0.15) is 0 Å². The van der Waals surface area contributed by atoms with E-state index in [4.69, 9.17) is 11.2 Å². The standard InChI is InChI=1S/C14H10BrNO3S/c1-3-6-16-13(17)12(20-14(16)18)8-9-7-10(15)4-5-11(9)19-2/h1,4-5,7-8H,6H2,2H3/b12-8+. The maximum absolute atomic E-state index is 12.1. The quantitative estimate of drug-likeness (QED) is 0.620. The second-order valence-electron chi connectivity index (χ2n) is 3.86. The molecule has 0 saturated carbocycles. The molecule has 1 aromatic rings. The summed E-state index contributed by atoms with van der Waals surface area (Å²) in [4.78, 5) is 25.1. The molecule has 20 heavy (non-hydrogen) atoms. The maximum Gasteiger partial charge on any atom is 0.294 e. The third-order valence-electron chi connectivity index (χ3n) is 2.60. The molecule has 0 spiro atoms. The van der Waals surface area contributed by atoms with Gasteiger partial charge in [0.2, 0.25) is 0 Å². The van der Waals surface area contributed by atoms with Crippen LogP contribution < -0.4 is 4.74 Å². The molecule has 6 heteroatoms. The number of benzene rings is 1. The first-order valence-electron chi connectivity index (χ1n) is 5.59. The molecule has 4 nitrogen and oxygen atoms in total. The van der Waals surface area contributed by atoms with Gasteiger partial charge in [0.05, 0.1) is 18.6 Å². The molecule has 1 heterocycles. The van der Waals surface area contributed by atoms with Crippen molar-refractivity contribution in [3.05, 3.63) is 33.1 Å². The fourth-order valence-electron chi connectivity index (χ4n) is 1.69. The summed E-state index contributed by atoms with van der Waals surface area (Å²) in [5, 5.41) is -0.354. The molecular formula is C14H10BrNO3S. The van der Waals surface area contributed by atoms with Gasteiger partial charge in [-0.25, -0.2) is 0 Å². The number of hydrogen-bond donors (Lipinski definition) is 0. The molecule has 1 aliphatic heterocycles. The summed E-state index contributed by atoms with van der Waals surface area (Å²) < 4.78 is 6.08. The van der Waals surface area contributed by atoms with Gasteiger partial charge in [0, 0.05) is 10.0 Å². The number of methoxy groups -OCH3 is 1. The molecule has 0 aromatic heterocycles. The number of imide groups is 1. The lowest BCUT2D eigenvalue weighted by molar-refractivity contribution is -0.122. The summed E-state index contributed by atoms with van der Waals surface area (Å²) in [6.07, 6.45) is 6.78. The minimum absolute atomic E-state index is 0.0162. The third-order valence-corrected chi connectivity index (χ3v) is 4.00. The summed E-state index contributed by atoms with van der Waals surface area (Å²) in [6, 6.07) is 5.43. The van der Waals surface area contributed by atoms with Crippen LogP contribution in [-0.2, 0) is 4.79 Å². The Morgan fingerprint density at radius 3 is 2.90 bits per heavy atom. The highest BCUT2D eigenvalue weighted by Gasteiger charge is 2.34. The van der Waals surface area contributed by atoms with E-state index in [0.717, 1.165) is 21.1 Å². The number of terminal acetylenes is 1.